The average Bonchev–Trinajstić information content (AvgIpc) is 2.78. The number of benzene rings is 1. The third kappa shape index (κ3) is 2.24. The molecule has 0 bridgehead atoms. The average molecular weight is 254 g/mol. The monoisotopic (exact) mass is 254 g/mol. The van der Waals surface area contributed by atoms with Gasteiger partial charge in [0.2, 0.25) is 0 Å². The summed E-state index contributed by atoms with van der Waals surface area (Å²) in [6.45, 7) is 0.630. The molecule has 1 unspecified atom stereocenters. The molecule has 1 saturated heterocycles. The number of carboxylic acid groups (broad SMARTS) is 1. The van der Waals surface area contributed by atoms with E-state index in [0.717, 1.165) is 12.1 Å². The van der Waals surface area contributed by atoms with Gasteiger partial charge in [-0.1, -0.05) is 0 Å². The number of halogens is 1. The van der Waals surface area contributed by atoms with E-state index in [4.69, 9.17) is 5.11 Å². The summed E-state index contributed by atoms with van der Waals surface area (Å²) in [5.74, 6) is -2.13. The van der Waals surface area contributed by atoms with E-state index >= 15 is 0 Å². The first-order valence-electron chi connectivity index (χ1n) is 5.40. The van der Waals surface area contributed by atoms with Crippen LogP contribution in [0.3, 0.4) is 0 Å². The van der Waals surface area contributed by atoms with Crippen LogP contribution in [0.25, 0.3) is 0 Å². The summed E-state index contributed by atoms with van der Waals surface area (Å²) < 4.78 is 13.0. The van der Waals surface area contributed by atoms with Gasteiger partial charge in [0.25, 0.3) is 5.69 Å². The lowest BCUT2D eigenvalue weighted by Crippen LogP contribution is -2.23. The second kappa shape index (κ2) is 4.59. The van der Waals surface area contributed by atoms with E-state index in [2.05, 4.69) is 0 Å². The molecule has 96 valence electrons. The number of hydrogen-bond donors (Lipinski definition) is 1. The van der Waals surface area contributed by atoms with Gasteiger partial charge in [-0.05, 0) is 18.6 Å². The predicted molar refractivity (Wildman–Crippen MR) is 61.0 cm³/mol. The van der Waals surface area contributed by atoms with E-state index in [1.54, 1.807) is 4.90 Å². The van der Waals surface area contributed by atoms with E-state index in [1.165, 1.54) is 6.07 Å². The zero-order chi connectivity index (χ0) is 13.3. The fraction of sp³-hybridized carbons (Fsp3) is 0.364. The molecule has 0 amide bonds. The van der Waals surface area contributed by atoms with E-state index in [-0.39, 0.29) is 17.9 Å². The van der Waals surface area contributed by atoms with Crippen LogP contribution in [-0.4, -0.2) is 29.1 Å². The molecule has 6 nitrogen and oxygen atoms in total. The summed E-state index contributed by atoms with van der Waals surface area (Å²) in [5, 5.41) is 19.7. The van der Waals surface area contributed by atoms with Gasteiger partial charge in [0.05, 0.1) is 16.9 Å². The number of carboxylic acids is 1. The molecule has 1 fully saturated rings. The van der Waals surface area contributed by atoms with Gasteiger partial charge in [0.15, 0.2) is 0 Å². The van der Waals surface area contributed by atoms with Gasteiger partial charge in [-0.3, -0.25) is 14.9 Å². The first kappa shape index (κ1) is 12.3. The lowest BCUT2D eigenvalue weighted by atomic mass is 10.1. The van der Waals surface area contributed by atoms with Crippen molar-refractivity contribution in [1.29, 1.82) is 0 Å². The second-order valence-corrected chi connectivity index (χ2v) is 4.16. The van der Waals surface area contributed by atoms with Crippen molar-refractivity contribution >= 4 is 17.3 Å². The van der Waals surface area contributed by atoms with Crippen LogP contribution in [0.15, 0.2) is 18.2 Å². The van der Waals surface area contributed by atoms with Crippen LogP contribution in [0.5, 0.6) is 0 Å². The van der Waals surface area contributed by atoms with Crippen LogP contribution in [0.2, 0.25) is 0 Å². The first-order valence-corrected chi connectivity index (χ1v) is 5.40. The molecule has 1 aliphatic rings. The summed E-state index contributed by atoms with van der Waals surface area (Å²) in [6, 6.07) is 3.30. The Hall–Kier alpha value is -2.18. The zero-order valence-electron chi connectivity index (χ0n) is 9.38. The molecule has 1 atom stereocenters. The number of nitro groups is 1. The Morgan fingerprint density at radius 2 is 2.28 bits per heavy atom. The third-order valence-corrected chi connectivity index (χ3v) is 3.01. The summed E-state index contributed by atoms with van der Waals surface area (Å²) in [6.07, 6.45) is 0.434. The fourth-order valence-electron chi connectivity index (χ4n) is 2.09. The number of nitrogens with zero attached hydrogens (tertiary/aromatic N) is 2. The zero-order valence-corrected chi connectivity index (χ0v) is 9.38. The molecule has 0 aliphatic carbocycles. The third-order valence-electron chi connectivity index (χ3n) is 3.01. The van der Waals surface area contributed by atoms with E-state index in [0.29, 0.717) is 13.0 Å². The number of anilines is 1. The quantitative estimate of drug-likeness (QED) is 0.654. The van der Waals surface area contributed by atoms with Crippen LogP contribution >= 0.6 is 0 Å². The molecular formula is C11H11FN2O4. The molecule has 1 heterocycles. The van der Waals surface area contributed by atoms with Gasteiger partial charge in [-0.25, -0.2) is 4.39 Å². The molecule has 2 rings (SSSR count). The standard InChI is InChI=1S/C11H11FN2O4/c12-8-1-2-9(10(5-8)14(17)18)13-4-3-7(6-13)11(15)16/h1-2,5,7H,3-4,6H2,(H,15,16). The van der Waals surface area contributed by atoms with E-state index in [9.17, 15) is 19.3 Å². The fourth-order valence-corrected chi connectivity index (χ4v) is 2.09. The van der Waals surface area contributed by atoms with Gasteiger partial charge in [-0.15, -0.1) is 0 Å². The molecule has 0 aromatic heterocycles. The summed E-state index contributed by atoms with van der Waals surface area (Å²) >= 11 is 0. The largest absolute Gasteiger partial charge is 0.481 e. The Labute approximate surface area is 102 Å². The molecule has 1 N–H and O–H groups in total. The molecule has 7 heteroatoms. The molecule has 1 aliphatic heterocycles. The summed E-state index contributed by atoms with van der Waals surface area (Å²) in [7, 11) is 0. The molecular weight excluding hydrogens is 243 g/mol. The maximum Gasteiger partial charge on any atom is 0.308 e. The lowest BCUT2D eigenvalue weighted by Gasteiger charge is -2.17. The number of nitro benzene ring substituents is 1. The predicted octanol–water partition coefficient (Wildman–Crippen LogP) is 1.64. The Bertz CT molecular complexity index is 506. The normalized spacial score (nSPS) is 18.9. The van der Waals surface area contributed by atoms with Crippen molar-refractivity contribution < 1.29 is 19.2 Å². The van der Waals surface area contributed by atoms with Gasteiger partial charge in [0.1, 0.15) is 11.5 Å². The first-order chi connectivity index (χ1) is 8.49. The topological polar surface area (TPSA) is 83.7 Å². The van der Waals surface area contributed by atoms with Crippen LogP contribution in [-0.2, 0) is 4.79 Å². The van der Waals surface area contributed by atoms with Gasteiger partial charge < -0.3 is 10.0 Å². The van der Waals surface area contributed by atoms with Crippen molar-refractivity contribution in [1.82, 2.24) is 0 Å². The number of hydrogen-bond acceptors (Lipinski definition) is 4. The number of carbonyl (C=O) groups is 1. The van der Waals surface area contributed by atoms with Crippen molar-refractivity contribution in [3.8, 4) is 0 Å². The number of rotatable bonds is 3. The minimum atomic E-state index is -0.915. The van der Waals surface area contributed by atoms with Crippen molar-refractivity contribution in [3.05, 3.63) is 34.1 Å². The second-order valence-electron chi connectivity index (χ2n) is 4.16. The lowest BCUT2D eigenvalue weighted by molar-refractivity contribution is -0.384. The smallest absolute Gasteiger partial charge is 0.308 e. The molecule has 18 heavy (non-hydrogen) atoms. The Kier molecular flexibility index (Phi) is 3.14. The highest BCUT2D eigenvalue weighted by molar-refractivity contribution is 5.73. The van der Waals surface area contributed by atoms with Gasteiger partial charge in [-0.2, -0.15) is 0 Å². The van der Waals surface area contributed by atoms with Gasteiger partial charge >= 0.3 is 5.97 Å². The SMILES string of the molecule is O=C(O)C1CCN(c2ccc(F)cc2[N+](=O)[O-])C1. The highest BCUT2D eigenvalue weighted by atomic mass is 19.1. The maximum atomic E-state index is 13.0. The minimum Gasteiger partial charge on any atom is -0.481 e. The van der Waals surface area contributed by atoms with Crippen molar-refractivity contribution in [2.75, 3.05) is 18.0 Å². The van der Waals surface area contributed by atoms with Crippen molar-refractivity contribution in [3.63, 3.8) is 0 Å². The molecule has 0 saturated carbocycles. The number of aliphatic carboxylic acids is 1. The van der Waals surface area contributed by atoms with E-state index < -0.39 is 22.6 Å². The maximum absolute atomic E-state index is 13.0. The van der Waals surface area contributed by atoms with Crippen molar-refractivity contribution in [2.24, 2.45) is 5.92 Å². The Morgan fingerprint density at radius 3 is 2.83 bits per heavy atom. The van der Waals surface area contributed by atoms with Crippen LogP contribution in [0.1, 0.15) is 6.42 Å². The molecule has 1 aromatic carbocycles. The molecule has 1 aromatic rings. The summed E-state index contributed by atoms with van der Waals surface area (Å²) in [4.78, 5) is 22.6. The Morgan fingerprint density at radius 1 is 1.56 bits per heavy atom. The Balaban J connectivity index is 2.29. The van der Waals surface area contributed by atoms with E-state index in [1.807, 2.05) is 0 Å². The van der Waals surface area contributed by atoms with Crippen LogP contribution in [0, 0.1) is 21.8 Å². The molecule has 0 radical (unpaired) electrons. The summed E-state index contributed by atoms with van der Waals surface area (Å²) in [5.41, 5.74) is -0.0637. The van der Waals surface area contributed by atoms with Gasteiger partial charge in [0, 0.05) is 13.1 Å². The van der Waals surface area contributed by atoms with Crippen molar-refractivity contribution in [2.45, 2.75) is 6.42 Å². The van der Waals surface area contributed by atoms with Crippen LogP contribution in [0.4, 0.5) is 15.8 Å². The highest BCUT2D eigenvalue weighted by Gasteiger charge is 2.31. The highest BCUT2D eigenvalue weighted by Crippen LogP contribution is 2.32. The minimum absolute atomic E-state index is 0.210. The van der Waals surface area contributed by atoms with Crippen LogP contribution < -0.4 is 4.90 Å². The molecule has 0 spiro atoms.